The molecule has 2 aliphatic rings. The molecule has 0 saturated carbocycles. The second kappa shape index (κ2) is 10.2. The second-order valence-corrected chi connectivity index (χ2v) is 8.11. The minimum absolute atomic E-state index is 0.0173. The Morgan fingerprint density at radius 1 is 1.24 bits per heavy atom. The quantitative estimate of drug-likeness (QED) is 0.589. The van der Waals surface area contributed by atoms with Gasteiger partial charge in [0, 0.05) is 23.7 Å². The molecule has 2 aliphatic heterocycles. The highest BCUT2D eigenvalue weighted by molar-refractivity contribution is 6.30. The largest absolute Gasteiger partial charge is 0.482 e. The van der Waals surface area contributed by atoms with Gasteiger partial charge in [-0.25, -0.2) is 4.39 Å². The highest BCUT2D eigenvalue weighted by Gasteiger charge is 2.29. The molecule has 1 saturated heterocycles. The number of Topliss-reactive ketones (excluding diaryl/α,β-unsaturated/α-hetero) is 1. The maximum atomic E-state index is 13.9. The fraction of sp³-hybridized carbons (Fsp3) is 0.348. The first-order valence-electron chi connectivity index (χ1n) is 10.5. The maximum Gasteiger partial charge on any atom is 0.265 e. The SMILES string of the molecule is O=C(CN1C(=O)COc2ccc(C(=O)COc3ccc(Cl)cc3F)cc21)NC[C@H]1CCCO1. The summed E-state index contributed by atoms with van der Waals surface area (Å²) in [5.41, 5.74) is 0.535. The summed E-state index contributed by atoms with van der Waals surface area (Å²) in [6.45, 7) is 0.209. The lowest BCUT2D eigenvalue weighted by molar-refractivity contribution is -0.125. The Labute approximate surface area is 194 Å². The molecule has 2 heterocycles. The smallest absolute Gasteiger partial charge is 0.265 e. The van der Waals surface area contributed by atoms with Gasteiger partial charge in [-0.15, -0.1) is 0 Å². The van der Waals surface area contributed by atoms with Gasteiger partial charge in [0.25, 0.3) is 5.91 Å². The highest BCUT2D eigenvalue weighted by Crippen LogP contribution is 2.33. The first kappa shape index (κ1) is 23.0. The number of ketones is 1. The molecule has 2 aromatic rings. The molecule has 0 bridgehead atoms. The van der Waals surface area contributed by atoms with Gasteiger partial charge >= 0.3 is 0 Å². The van der Waals surface area contributed by atoms with E-state index in [4.69, 9.17) is 25.8 Å². The molecule has 33 heavy (non-hydrogen) atoms. The van der Waals surface area contributed by atoms with E-state index in [2.05, 4.69) is 5.32 Å². The zero-order valence-electron chi connectivity index (χ0n) is 17.6. The number of fused-ring (bicyclic) bond motifs is 1. The van der Waals surface area contributed by atoms with Crippen LogP contribution in [-0.4, -0.2) is 56.6 Å². The molecule has 0 radical (unpaired) electrons. The van der Waals surface area contributed by atoms with Gasteiger partial charge in [0.1, 0.15) is 12.3 Å². The van der Waals surface area contributed by atoms with Crippen LogP contribution in [0.2, 0.25) is 5.02 Å². The number of hydrogen-bond donors (Lipinski definition) is 1. The normalized spacial score (nSPS) is 17.3. The third-order valence-corrected chi connectivity index (χ3v) is 5.56. The van der Waals surface area contributed by atoms with E-state index in [-0.39, 0.29) is 41.5 Å². The number of rotatable bonds is 8. The van der Waals surface area contributed by atoms with E-state index >= 15 is 0 Å². The fourth-order valence-corrected chi connectivity index (χ4v) is 3.76. The summed E-state index contributed by atoms with van der Waals surface area (Å²) in [6.07, 6.45) is 1.82. The van der Waals surface area contributed by atoms with Gasteiger partial charge in [0.05, 0.1) is 11.8 Å². The topological polar surface area (TPSA) is 94.2 Å². The lowest BCUT2D eigenvalue weighted by Gasteiger charge is -2.29. The molecule has 2 aromatic carbocycles. The third-order valence-electron chi connectivity index (χ3n) is 5.33. The van der Waals surface area contributed by atoms with Crippen molar-refractivity contribution in [2.45, 2.75) is 18.9 Å². The molecule has 8 nitrogen and oxygen atoms in total. The van der Waals surface area contributed by atoms with E-state index in [1.807, 2.05) is 0 Å². The Balaban J connectivity index is 1.43. The van der Waals surface area contributed by atoms with Gasteiger partial charge in [0.15, 0.2) is 30.6 Å². The van der Waals surface area contributed by atoms with E-state index < -0.39 is 24.1 Å². The number of nitrogens with zero attached hydrogens (tertiary/aromatic N) is 1. The summed E-state index contributed by atoms with van der Waals surface area (Å²) in [5.74, 6) is -1.59. The molecule has 2 amide bonds. The van der Waals surface area contributed by atoms with E-state index in [1.165, 1.54) is 29.2 Å². The van der Waals surface area contributed by atoms with E-state index in [0.29, 0.717) is 24.6 Å². The summed E-state index contributed by atoms with van der Waals surface area (Å²) >= 11 is 5.72. The number of benzene rings is 2. The van der Waals surface area contributed by atoms with Crippen molar-refractivity contribution in [3.8, 4) is 11.5 Å². The lowest BCUT2D eigenvalue weighted by Crippen LogP contribution is -2.46. The van der Waals surface area contributed by atoms with Gasteiger partial charge < -0.3 is 19.5 Å². The van der Waals surface area contributed by atoms with Gasteiger partial charge in [-0.05, 0) is 49.2 Å². The van der Waals surface area contributed by atoms with E-state index in [0.717, 1.165) is 18.9 Å². The average molecular weight is 477 g/mol. The van der Waals surface area contributed by atoms with Crippen molar-refractivity contribution >= 4 is 34.9 Å². The van der Waals surface area contributed by atoms with Crippen molar-refractivity contribution < 1.29 is 33.0 Å². The number of amides is 2. The third kappa shape index (κ3) is 5.61. The van der Waals surface area contributed by atoms with Crippen LogP contribution in [0.3, 0.4) is 0 Å². The monoisotopic (exact) mass is 476 g/mol. The van der Waals surface area contributed by atoms with Crippen molar-refractivity contribution in [3.05, 3.63) is 52.8 Å². The number of carbonyl (C=O) groups excluding carboxylic acids is 3. The summed E-state index contributed by atoms with van der Waals surface area (Å²) in [7, 11) is 0. The number of hydrogen-bond acceptors (Lipinski definition) is 6. The van der Waals surface area contributed by atoms with Crippen LogP contribution >= 0.6 is 11.6 Å². The summed E-state index contributed by atoms with van der Waals surface area (Å²) in [4.78, 5) is 38.8. The molecule has 174 valence electrons. The molecule has 0 aromatic heterocycles. The molecular formula is C23H22ClFN2O6. The minimum atomic E-state index is -0.681. The summed E-state index contributed by atoms with van der Waals surface area (Å²) in [5, 5.41) is 2.99. The molecule has 0 spiro atoms. The van der Waals surface area contributed by atoms with Crippen molar-refractivity contribution in [2.24, 2.45) is 0 Å². The Bertz CT molecular complexity index is 1070. The Morgan fingerprint density at radius 3 is 2.85 bits per heavy atom. The van der Waals surface area contributed by atoms with Crippen LogP contribution < -0.4 is 19.7 Å². The summed E-state index contributed by atoms with van der Waals surface area (Å²) in [6, 6.07) is 8.41. The molecule has 10 heteroatoms. The average Bonchev–Trinajstić information content (AvgIpc) is 3.32. The Morgan fingerprint density at radius 2 is 2.09 bits per heavy atom. The van der Waals surface area contributed by atoms with Crippen LogP contribution in [-0.2, 0) is 14.3 Å². The summed E-state index contributed by atoms with van der Waals surface area (Å²) < 4.78 is 30.1. The molecule has 1 N–H and O–H groups in total. The van der Waals surface area contributed by atoms with Gasteiger partial charge in [0.2, 0.25) is 5.91 Å². The number of halogens is 2. The lowest BCUT2D eigenvalue weighted by atomic mass is 10.1. The second-order valence-electron chi connectivity index (χ2n) is 7.68. The van der Waals surface area contributed by atoms with Crippen LogP contribution in [0, 0.1) is 5.82 Å². The van der Waals surface area contributed by atoms with Crippen molar-refractivity contribution in [2.75, 3.05) is 37.8 Å². The zero-order valence-corrected chi connectivity index (χ0v) is 18.4. The van der Waals surface area contributed by atoms with Gasteiger partial charge in [-0.2, -0.15) is 0 Å². The molecule has 1 atom stereocenters. The van der Waals surface area contributed by atoms with Crippen molar-refractivity contribution in [1.29, 1.82) is 0 Å². The fourth-order valence-electron chi connectivity index (χ4n) is 3.60. The van der Waals surface area contributed by atoms with Crippen molar-refractivity contribution in [1.82, 2.24) is 5.32 Å². The predicted molar refractivity (Wildman–Crippen MR) is 118 cm³/mol. The highest BCUT2D eigenvalue weighted by atomic mass is 35.5. The predicted octanol–water partition coefficient (Wildman–Crippen LogP) is 2.76. The Kier molecular flexibility index (Phi) is 7.10. The molecule has 1 fully saturated rings. The Hall–Kier alpha value is -3.17. The number of ether oxygens (including phenoxy) is 3. The van der Waals surface area contributed by atoms with Crippen LogP contribution in [0.25, 0.3) is 0 Å². The van der Waals surface area contributed by atoms with Crippen LogP contribution in [0.4, 0.5) is 10.1 Å². The first-order valence-corrected chi connectivity index (χ1v) is 10.8. The van der Waals surface area contributed by atoms with Crippen molar-refractivity contribution in [3.63, 3.8) is 0 Å². The standard InChI is InChI=1S/C23H22ClFN2O6/c24-15-4-6-20(17(25)9-15)32-12-19(28)14-3-5-21-18(8-14)27(23(30)13-33-21)11-22(29)26-10-16-2-1-7-31-16/h3-6,8-9,16H,1-2,7,10-13H2,(H,26,29)/t16-/m1/s1. The first-order chi connectivity index (χ1) is 15.9. The molecule has 0 aliphatic carbocycles. The minimum Gasteiger partial charge on any atom is -0.482 e. The van der Waals surface area contributed by atoms with Crippen LogP contribution in [0.1, 0.15) is 23.2 Å². The molecule has 0 unspecified atom stereocenters. The van der Waals surface area contributed by atoms with Gasteiger partial charge in [-0.3, -0.25) is 19.3 Å². The van der Waals surface area contributed by atoms with Gasteiger partial charge in [-0.1, -0.05) is 11.6 Å². The van der Waals surface area contributed by atoms with E-state index in [9.17, 15) is 18.8 Å². The molecule has 4 rings (SSSR count). The molecular weight excluding hydrogens is 455 g/mol. The number of anilines is 1. The van der Waals surface area contributed by atoms with E-state index in [1.54, 1.807) is 6.07 Å². The maximum absolute atomic E-state index is 13.9. The zero-order chi connectivity index (χ0) is 23.4. The van der Waals surface area contributed by atoms with Crippen LogP contribution in [0.5, 0.6) is 11.5 Å². The number of carbonyl (C=O) groups is 3. The number of nitrogens with one attached hydrogen (secondary N) is 1. The van der Waals surface area contributed by atoms with Crippen LogP contribution in [0.15, 0.2) is 36.4 Å².